The Morgan fingerprint density at radius 1 is 1.16 bits per heavy atom. The van der Waals surface area contributed by atoms with Crippen LogP contribution in [0.4, 0.5) is 11.5 Å². The minimum absolute atomic E-state index is 0.0945. The summed E-state index contributed by atoms with van der Waals surface area (Å²) in [6, 6.07) is 6.37. The van der Waals surface area contributed by atoms with Crippen LogP contribution in [0.1, 0.15) is 24.0 Å². The molecule has 0 unspecified atom stereocenters. The summed E-state index contributed by atoms with van der Waals surface area (Å²) < 4.78 is 0. The van der Waals surface area contributed by atoms with Crippen LogP contribution in [-0.4, -0.2) is 34.6 Å². The van der Waals surface area contributed by atoms with Crippen LogP contribution in [0, 0.1) is 6.92 Å². The van der Waals surface area contributed by atoms with Crippen molar-refractivity contribution < 1.29 is 0 Å². The summed E-state index contributed by atoms with van der Waals surface area (Å²) in [7, 11) is 0. The van der Waals surface area contributed by atoms with E-state index in [9.17, 15) is 0 Å². The number of anilines is 2. The van der Waals surface area contributed by atoms with E-state index >= 15 is 0 Å². The highest BCUT2D eigenvalue weighted by atomic mass is 35.5. The molecule has 25 heavy (non-hydrogen) atoms. The second kappa shape index (κ2) is 5.44. The molecule has 0 atom stereocenters. The number of nitrogens with one attached hydrogen (secondary N) is 2. The molecule has 5 nitrogen and oxygen atoms in total. The van der Waals surface area contributed by atoms with Crippen LogP contribution in [0.25, 0.3) is 11.0 Å². The maximum atomic E-state index is 6.83. The topological polar surface area (TPSA) is 56.8 Å². The molecule has 3 aromatic rings. The van der Waals surface area contributed by atoms with Crippen molar-refractivity contribution in [1.29, 1.82) is 0 Å². The van der Waals surface area contributed by atoms with Gasteiger partial charge in [0, 0.05) is 34.4 Å². The third-order valence-electron chi connectivity index (χ3n) is 5.74. The van der Waals surface area contributed by atoms with E-state index in [4.69, 9.17) is 11.6 Å². The molecule has 1 spiro atoms. The molecule has 0 radical (unpaired) electrons. The molecule has 2 aliphatic heterocycles. The van der Waals surface area contributed by atoms with Gasteiger partial charge in [0.25, 0.3) is 0 Å². The van der Waals surface area contributed by atoms with Gasteiger partial charge in [0.2, 0.25) is 0 Å². The lowest BCUT2D eigenvalue weighted by atomic mass is 9.74. The smallest absolute Gasteiger partial charge is 0.145 e. The summed E-state index contributed by atoms with van der Waals surface area (Å²) in [5.41, 5.74) is 4.61. The Bertz CT molecular complexity index is 958. The number of aryl methyl sites for hydroxylation is 1. The second-order valence-corrected chi connectivity index (χ2v) is 7.52. The van der Waals surface area contributed by atoms with Gasteiger partial charge >= 0.3 is 0 Å². The number of rotatable bonds is 1. The van der Waals surface area contributed by atoms with Crippen molar-refractivity contribution >= 4 is 34.1 Å². The van der Waals surface area contributed by atoms with Crippen LogP contribution in [0.3, 0.4) is 0 Å². The average Bonchev–Trinajstić information content (AvgIpc) is 3.22. The first-order valence-corrected chi connectivity index (χ1v) is 9.13. The Labute approximate surface area is 151 Å². The van der Waals surface area contributed by atoms with Crippen molar-refractivity contribution in [2.24, 2.45) is 0 Å². The van der Waals surface area contributed by atoms with Crippen molar-refractivity contribution in [2.75, 3.05) is 24.5 Å². The van der Waals surface area contributed by atoms with Crippen molar-refractivity contribution in [2.45, 2.75) is 25.2 Å². The molecule has 1 saturated heterocycles. The average molecular weight is 354 g/mol. The van der Waals surface area contributed by atoms with E-state index < -0.39 is 0 Å². The van der Waals surface area contributed by atoms with Gasteiger partial charge in [0.15, 0.2) is 0 Å². The quantitative estimate of drug-likeness (QED) is 0.700. The fraction of sp³-hybridized carbons (Fsp3) is 0.368. The first kappa shape index (κ1) is 15.2. The van der Waals surface area contributed by atoms with Crippen LogP contribution in [-0.2, 0) is 5.41 Å². The van der Waals surface area contributed by atoms with Crippen molar-refractivity contribution in [3.63, 3.8) is 0 Å². The molecule has 2 N–H and O–H groups in total. The SMILES string of the molecule is Cc1ccc2c(c1Cl)C1(CCNCC1)CN2c1ncnc2[nH]ccc12. The molecule has 2 aromatic heterocycles. The zero-order valence-corrected chi connectivity index (χ0v) is 14.9. The van der Waals surface area contributed by atoms with Gasteiger partial charge in [-0.1, -0.05) is 17.7 Å². The maximum absolute atomic E-state index is 6.83. The lowest BCUT2D eigenvalue weighted by Crippen LogP contribution is -2.42. The zero-order chi connectivity index (χ0) is 17.0. The number of nitrogens with zero attached hydrogens (tertiary/aromatic N) is 3. The Morgan fingerprint density at radius 2 is 2.00 bits per heavy atom. The molecule has 0 bridgehead atoms. The molecule has 1 aromatic carbocycles. The molecule has 0 saturated carbocycles. The van der Waals surface area contributed by atoms with Gasteiger partial charge in [0.1, 0.15) is 17.8 Å². The normalized spacial score (nSPS) is 18.9. The van der Waals surface area contributed by atoms with Crippen LogP contribution >= 0.6 is 11.6 Å². The van der Waals surface area contributed by atoms with Crippen LogP contribution < -0.4 is 10.2 Å². The van der Waals surface area contributed by atoms with Gasteiger partial charge in [-0.15, -0.1) is 0 Å². The third-order valence-corrected chi connectivity index (χ3v) is 6.23. The van der Waals surface area contributed by atoms with Crippen molar-refractivity contribution in [3.05, 3.63) is 46.9 Å². The van der Waals surface area contributed by atoms with Crippen molar-refractivity contribution in [1.82, 2.24) is 20.3 Å². The van der Waals surface area contributed by atoms with E-state index in [1.165, 1.54) is 11.3 Å². The molecule has 0 amide bonds. The number of piperidine rings is 1. The molecule has 4 heterocycles. The van der Waals surface area contributed by atoms with Gasteiger partial charge < -0.3 is 15.2 Å². The first-order chi connectivity index (χ1) is 12.2. The number of fused-ring (bicyclic) bond motifs is 3. The standard InChI is InChI=1S/C19H20ClN5/c1-12-2-3-14-15(16(12)20)19(5-8-21-9-6-19)10-25(14)18-13-4-7-22-17(13)23-11-24-18/h2-4,7,11,21H,5-6,8-10H2,1H3,(H,22,23,24). The van der Waals surface area contributed by atoms with Gasteiger partial charge in [-0.05, 0) is 50.6 Å². The lowest BCUT2D eigenvalue weighted by molar-refractivity contribution is 0.329. The van der Waals surface area contributed by atoms with E-state index in [1.807, 2.05) is 12.3 Å². The highest BCUT2D eigenvalue weighted by Gasteiger charge is 2.46. The predicted octanol–water partition coefficient (Wildman–Crippen LogP) is 3.69. The van der Waals surface area contributed by atoms with E-state index in [1.54, 1.807) is 6.33 Å². The monoisotopic (exact) mass is 353 g/mol. The molecular formula is C19H20ClN5. The maximum Gasteiger partial charge on any atom is 0.145 e. The van der Waals surface area contributed by atoms with Gasteiger partial charge in [-0.25, -0.2) is 9.97 Å². The summed E-state index contributed by atoms with van der Waals surface area (Å²) in [6.07, 6.45) is 5.75. The Morgan fingerprint density at radius 3 is 2.84 bits per heavy atom. The Hall–Kier alpha value is -2.11. The van der Waals surface area contributed by atoms with Gasteiger partial charge in [0.05, 0.1) is 5.39 Å². The van der Waals surface area contributed by atoms with Crippen LogP contribution in [0.5, 0.6) is 0 Å². The predicted molar refractivity (Wildman–Crippen MR) is 101 cm³/mol. The summed E-state index contributed by atoms with van der Waals surface area (Å²) in [6.45, 7) is 5.07. The molecule has 5 rings (SSSR count). The van der Waals surface area contributed by atoms with E-state index in [-0.39, 0.29) is 5.41 Å². The van der Waals surface area contributed by atoms with Crippen molar-refractivity contribution in [3.8, 4) is 0 Å². The fourth-order valence-electron chi connectivity index (χ4n) is 4.44. The van der Waals surface area contributed by atoms with E-state index in [0.29, 0.717) is 0 Å². The number of hydrogen-bond donors (Lipinski definition) is 2. The van der Waals surface area contributed by atoms with Gasteiger partial charge in [-0.2, -0.15) is 0 Å². The number of H-pyrrole nitrogens is 1. The number of hydrogen-bond acceptors (Lipinski definition) is 4. The zero-order valence-electron chi connectivity index (χ0n) is 14.1. The lowest BCUT2D eigenvalue weighted by Gasteiger charge is -2.35. The highest BCUT2D eigenvalue weighted by molar-refractivity contribution is 6.33. The molecule has 0 aliphatic carbocycles. The molecule has 1 fully saturated rings. The van der Waals surface area contributed by atoms with Crippen LogP contribution in [0.2, 0.25) is 5.02 Å². The molecule has 2 aliphatic rings. The summed E-state index contributed by atoms with van der Waals surface area (Å²) in [4.78, 5) is 14.5. The third kappa shape index (κ3) is 2.12. The summed E-state index contributed by atoms with van der Waals surface area (Å²) >= 11 is 6.83. The summed E-state index contributed by atoms with van der Waals surface area (Å²) in [5.74, 6) is 0.961. The Kier molecular flexibility index (Phi) is 3.30. The largest absolute Gasteiger partial charge is 0.346 e. The van der Waals surface area contributed by atoms with Crippen LogP contribution in [0.15, 0.2) is 30.7 Å². The Balaban J connectivity index is 1.74. The van der Waals surface area contributed by atoms with E-state index in [0.717, 1.165) is 59.9 Å². The number of benzene rings is 1. The minimum atomic E-state index is 0.0945. The summed E-state index contributed by atoms with van der Waals surface area (Å²) in [5, 5.41) is 5.46. The second-order valence-electron chi connectivity index (χ2n) is 7.14. The molecule has 6 heteroatoms. The first-order valence-electron chi connectivity index (χ1n) is 8.76. The number of halogens is 1. The fourth-order valence-corrected chi connectivity index (χ4v) is 4.80. The highest BCUT2D eigenvalue weighted by Crippen LogP contribution is 2.52. The number of aromatic nitrogens is 3. The molecule has 128 valence electrons. The van der Waals surface area contributed by atoms with Gasteiger partial charge in [-0.3, -0.25) is 0 Å². The number of aromatic amines is 1. The molecular weight excluding hydrogens is 334 g/mol. The van der Waals surface area contributed by atoms with E-state index in [2.05, 4.69) is 44.2 Å². The minimum Gasteiger partial charge on any atom is -0.346 e.